The van der Waals surface area contributed by atoms with Gasteiger partial charge in [0, 0.05) is 12.2 Å². The maximum absolute atomic E-state index is 12.3. The van der Waals surface area contributed by atoms with Crippen LogP contribution in [0.25, 0.3) is 0 Å². The van der Waals surface area contributed by atoms with Crippen molar-refractivity contribution in [1.29, 1.82) is 0 Å². The Morgan fingerprint density at radius 2 is 1.78 bits per heavy atom. The second-order valence-electron chi connectivity index (χ2n) is 6.27. The molecule has 0 unspecified atom stereocenters. The zero-order valence-electron chi connectivity index (χ0n) is 14.1. The van der Waals surface area contributed by atoms with Crippen LogP contribution < -0.4 is 10.6 Å². The van der Waals surface area contributed by atoms with Gasteiger partial charge >= 0.3 is 0 Å². The fourth-order valence-corrected chi connectivity index (χ4v) is 2.16. The molecule has 0 aliphatic carbocycles. The lowest BCUT2D eigenvalue weighted by Gasteiger charge is -2.13. The SMILES string of the molecule is CC(C)CNc1ccc(C(=O)Nc2ccccc2C(C)C)nn1. The Labute approximate surface area is 137 Å². The van der Waals surface area contributed by atoms with E-state index in [1.165, 1.54) is 0 Å². The molecule has 0 saturated heterocycles. The smallest absolute Gasteiger partial charge is 0.276 e. The van der Waals surface area contributed by atoms with Gasteiger partial charge in [0.25, 0.3) is 5.91 Å². The summed E-state index contributed by atoms with van der Waals surface area (Å²) in [4.78, 5) is 12.3. The topological polar surface area (TPSA) is 66.9 Å². The van der Waals surface area contributed by atoms with Crippen LogP contribution in [0, 0.1) is 5.92 Å². The molecule has 5 heteroatoms. The Kier molecular flexibility index (Phi) is 5.68. The first-order chi connectivity index (χ1) is 11.0. The second kappa shape index (κ2) is 7.72. The van der Waals surface area contributed by atoms with Gasteiger partial charge in [-0.05, 0) is 35.6 Å². The van der Waals surface area contributed by atoms with Gasteiger partial charge in [-0.3, -0.25) is 4.79 Å². The Hall–Kier alpha value is -2.43. The highest BCUT2D eigenvalue weighted by molar-refractivity contribution is 6.03. The molecule has 1 heterocycles. The summed E-state index contributed by atoms with van der Waals surface area (Å²) < 4.78 is 0. The normalized spacial score (nSPS) is 10.9. The monoisotopic (exact) mass is 312 g/mol. The van der Waals surface area contributed by atoms with Crippen molar-refractivity contribution in [2.75, 3.05) is 17.2 Å². The Bertz CT molecular complexity index is 650. The van der Waals surface area contributed by atoms with Crippen LogP contribution in [0.4, 0.5) is 11.5 Å². The van der Waals surface area contributed by atoms with E-state index < -0.39 is 0 Å². The van der Waals surface area contributed by atoms with Gasteiger partial charge in [0.15, 0.2) is 5.69 Å². The van der Waals surface area contributed by atoms with E-state index in [1.807, 2.05) is 24.3 Å². The van der Waals surface area contributed by atoms with Crippen LogP contribution in [0.15, 0.2) is 36.4 Å². The molecule has 2 N–H and O–H groups in total. The molecule has 0 spiro atoms. The van der Waals surface area contributed by atoms with E-state index in [0.29, 0.717) is 23.3 Å². The molecule has 1 aromatic carbocycles. The highest BCUT2D eigenvalue weighted by Crippen LogP contribution is 2.24. The van der Waals surface area contributed by atoms with Crippen molar-refractivity contribution in [3.63, 3.8) is 0 Å². The molecule has 2 aromatic rings. The lowest BCUT2D eigenvalue weighted by atomic mass is 10.0. The molecule has 0 fully saturated rings. The van der Waals surface area contributed by atoms with Crippen molar-refractivity contribution < 1.29 is 4.79 Å². The summed E-state index contributed by atoms with van der Waals surface area (Å²) in [7, 11) is 0. The van der Waals surface area contributed by atoms with Gasteiger partial charge < -0.3 is 10.6 Å². The van der Waals surface area contributed by atoms with Crippen LogP contribution in [0.1, 0.15) is 49.7 Å². The van der Waals surface area contributed by atoms with Crippen molar-refractivity contribution in [2.45, 2.75) is 33.6 Å². The highest BCUT2D eigenvalue weighted by atomic mass is 16.1. The minimum atomic E-state index is -0.249. The fraction of sp³-hybridized carbons (Fsp3) is 0.389. The molecule has 23 heavy (non-hydrogen) atoms. The van der Waals surface area contributed by atoms with E-state index in [2.05, 4.69) is 48.5 Å². The van der Waals surface area contributed by atoms with E-state index >= 15 is 0 Å². The standard InChI is InChI=1S/C18H24N4O/c1-12(2)11-19-17-10-9-16(21-22-17)18(23)20-15-8-6-5-7-14(15)13(3)4/h5-10,12-13H,11H2,1-4H3,(H,19,22)(H,20,23). The van der Waals surface area contributed by atoms with E-state index in [4.69, 9.17) is 0 Å². The van der Waals surface area contributed by atoms with Crippen LogP contribution >= 0.6 is 0 Å². The maximum atomic E-state index is 12.3. The number of nitrogens with one attached hydrogen (secondary N) is 2. The van der Waals surface area contributed by atoms with Crippen molar-refractivity contribution in [3.05, 3.63) is 47.7 Å². The lowest BCUT2D eigenvalue weighted by molar-refractivity contribution is 0.102. The van der Waals surface area contributed by atoms with E-state index in [0.717, 1.165) is 17.8 Å². The van der Waals surface area contributed by atoms with Crippen LogP contribution in [0.2, 0.25) is 0 Å². The summed E-state index contributed by atoms with van der Waals surface area (Å²) in [5.74, 6) is 1.28. The summed E-state index contributed by atoms with van der Waals surface area (Å²) in [6.07, 6.45) is 0. The van der Waals surface area contributed by atoms with Crippen molar-refractivity contribution in [3.8, 4) is 0 Å². The number of anilines is 2. The zero-order valence-corrected chi connectivity index (χ0v) is 14.1. The summed E-state index contributed by atoms with van der Waals surface area (Å²) in [6, 6.07) is 11.3. The molecule has 0 saturated carbocycles. The molecule has 0 atom stereocenters. The van der Waals surface area contributed by atoms with Gasteiger partial charge in [0.1, 0.15) is 5.82 Å². The Morgan fingerprint density at radius 1 is 1.04 bits per heavy atom. The fourth-order valence-electron chi connectivity index (χ4n) is 2.16. The van der Waals surface area contributed by atoms with E-state index in [-0.39, 0.29) is 5.91 Å². The molecule has 5 nitrogen and oxygen atoms in total. The predicted octanol–water partition coefficient (Wildman–Crippen LogP) is 3.92. The highest BCUT2D eigenvalue weighted by Gasteiger charge is 2.12. The van der Waals surface area contributed by atoms with Gasteiger partial charge in [0.2, 0.25) is 0 Å². The van der Waals surface area contributed by atoms with Gasteiger partial charge in [-0.15, -0.1) is 10.2 Å². The summed E-state index contributed by atoms with van der Waals surface area (Å²) >= 11 is 0. The maximum Gasteiger partial charge on any atom is 0.276 e. The van der Waals surface area contributed by atoms with Gasteiger partial charge in [0.05, 0.1) is 0 Å². The number of hydrogen-bond acceptors (Lipinski definition) is 4. The Balaban J connectivity index is 2.06. The number of nitrogens with zero attached hydrogens (tertiary/aromatic N) is 2. The van der Waals surface area contributed by atoms with Crippen LogP contribution in [-0.4, -0.2) is 22.6 Å². The number of hydrogen-bond donors (Lipinski definition) is 2. The van der Waals surface area contributed by atoms with Crippen molar-refractivity contribution >= 4 is 17.4 Å². The number of aromatic nitrogens is 2. The van der Waals surface area contributed by atoms with Crippen LogP contribution in [-0.2, 0) is 0 Å². The molecule has 0 aliphatic rings. The minimum absolute atomic E-state index is 0.249. The minimum Gasteiger partial charge on any atom is -0.368 e. The molecule has 2 rings (SSSR count). The number of para-hydroxylation sites is 1. The molecule has 0 aliphatic heterocycles. The van der Waals surface area contributed by atoms with Crippen molar-refractivity contribution in [2.24, 2.45) is 5.92 Å². The number of carbonyl (C=O) groups excluding carboxylic acids is 1. The van der Waals surface area contributed by atoms with E-state index in [9.17, 15) is 4.79 Å². The summed E-state index contributed by atoms with van der Waals surface area (Å²) in [5, 5.41) is 14.1. The number of benzene rings is 1. The summed E-state index contributed by atoms with van der Waals surface area (Å²) in [6.45, 7) is 9.25. The lowest BCUT2D eigenvalue weighted by Crippen LogP contribution is -2.16. The van der Waals surface area contributed by atoms with Gasteiger partial charge in [-0.25, -0.2) is 0 Å². The molecular formula is C18H24N4O. The third-order valence-electron chi connectivity index (χ3n) is 3.42. The zero-order chi connectivity index (χ0) is 16.8. The third-order valence-corrected chi connectivity index (χ3v) is 3.42. The first-order valence-electron chi connectivity index (χ1n) is 7.95. The van der Waals surface area contributed by atoms with Crippen LogP contribution in [0.3, 0.4) is 0 Å². The van der Waals surface area contributed by atoms with Gasteiger partial charge in [-0.1, -0.05) is 45.9 Å². The molecule has 122 valence electrons. The van der Waals surface area contributed by atoms with Gasteiger partial charge in [-0.2, -0.15) is 0 Å². The number of rotatable bonds is 6. The predicted molar refractivity (Wildman–Crippen MR) is 93.8 cm³/mol. The largest absolute Gasteiger partial charge is 0.368 e. The average Bonchev–Trinajstić information content (AvgIpc) is 2.53. The molecule has 1 aromatic heterocycles. The van der Waals surface area contributed by atoms with Crippen molar-refractivity contribution in [1.82, 2.24) is 10.2 Å². The second-order valence-corrected chi connectivity index (χ2v) is 6.27. The molecular weight excluding hydrogens is 288 g/mol. The summed E-state index contributed by atoms with van der Waals surface area (Å²) in [5.41, 5.74) is 2.22. The number of carbonyl (C=O) groups is 1. The van der Waals surface area contributed by atoms with E-state index in [1.54, 1.807) is 12.1 Å². The molecule has 1 amide bonds. The third kappa shape index (κ3) is 4.77. The molecule has 0 radical (unpaired) electrons. The Morgan fingerprint density at radius 3 is 2.39 bits per heavy atom. The molecule has 0 bridgehead atoms. The van der Waals surface area contributed by atoms with Crippen LogP contribution in [0.5, 0.6) is 0 Å². The first-order valence-corrected chi connectivity index (χ1v) is 7.95. The quantitative estimate of drug-likeness (QED) is 0.848. The number of amides is 1. The first kappa shape index (κ1) is 16.9. The average molecular weight is 312 g/mol.